The van der Waals surface area contributed by atoms with Crippen LogP contribution < -0.4 is 5.32 Å². The molecule has 1 saturated heterocycles. The molecule has 0 spiro atoms. The van der Waals surface area contributed by atoms with Gasteiger partial charge in [0, 0.05) is 12.6 Å². The number of carbonyl (C=O) groups excluding carboxylic acids is 1. The van der Waals surface area contributed by atoms with E-state index in [0.717, 1.165) is 43.8 Å². The molecule has 1 N–H and O–H groups in total. The maximum absolute atomic E-state index is 12.6. The third-order valence-corrected chi connectivity index (χ3v) is 7.76. The summed E-state index contributed by atoms with van der Waals surface area (Å²) in [5.41, 5.74) is 0. The molecule has 1 amide bonds. The highest BCUT2D eigenvalue weighted by molar-refractivity contribution is 7.93. The number of likely N-dealkylation sites (tertiary alicyclic amines) is 1. The molecule has 0 aliphatic carbocycles. The molecule has 0 saturated carbocycles. The summed E-state index contributed by atoms with van der Waals surface area (Å²) in [6.07, 6.45) is 2.03. The van der Waals surface area contributed by atoms with Gasteiger partial charge in [0.15, 0.2) is 0 Å². The van der Waals surface area contributed by atoms with Crippen molar-refractivity contribution in [3.63, 3.8) is 0 Å². The zero-order valence-corrected chi connectivity index (χ0v) is 15.8. The summed E-state index contributed by atoms with van der Waals surface area (Å²) < 4.78 is 25.4. The summed E-state index contributed by atoms with van der Waals surface area (Å²) in [5.74, 6) is -0.192. The van der Waals surface area contributed by atoms with Crippen molar-refractivity contribution in [2.45, 2.75) is 34.9 Å². The molecular weight excluding hydrogens is 356 g/mol. The van der Waals surface area contributed by atoms with E-state index in [1.807, 2.05) is 0 Å². The molecule has 3 rings (SSSR count). The topological polar surface area (TPSA) is 66.5 Å². The van der Waals surface area contributed by atoms with E-state index in [4.69, 9.17) is 0 Å². The van der Waals surface area contributed by atoms with E-state index in [1.165, 1.54) is 6.07 Å². The average Bonchev–Trinajstić information content (AvgIpc) is 3.14. The van der Waals surface area contributed by atoms with Gasteiger partial charge in [0.1, 0.15) is 4.21 Å². The lowest BCUT2D eigenvalue weighted by Crippen LogP contribution is -2.47. The van der Waals surface area contributed by atoms with Crippen LogP contribution in [0.25, 0.3) is 0 Å². The quantitative estimate of drug-likeness (QED) is 0.869. The third-order valence-electron chi connectivity index (χ3n) is 4.41. The normalized spacial score (nSPS) is 18.8. The van der Waals surface area contributed by atoms with Crippen LogP contribution in [0.5, 0.6) is 0 Å². The van der Waals surface area contributed by atoms with E-state index in [-0.39, 0.29) is 21.1 Å². The summed E-state index contributed by atoms with van der Waals surface area (Å²) in [6, 6.07) is 11.5. The Morgan fingerprint density at radius 1 is 1.24 bits per heavy atom. The fourth-order valence-corrected chi connectivity index (χ4v) is 5.65. The summed E-state index contributed by atoms with van der Waals surface area (Å²) in [4.78, 5) is 15.5. The molecule has 1 fully saturated rings. The standard InChI is InChI=1S/C18H22N2O3S2/c1-2-20-12-6-7-14(13-20)19-18(21)16-10-11-17(24-16)25(22,23)15-8-4-3-5-9-15/h3-5,8-11,14H,2,6-7,12-13H2,1H3,(H,19,21). The number of likely N-dealkylation sites (N-methyl/N-ethyl adjacent to an activating group) is 1. The second kappa shape index (κ2) is 7.68. The largest absolute Gasteiger partial charge is 0.347 e. The molecule has 0 bridgehead atoms. The molecule has 0 radical (unpaired) electrons. The first kappa shape index (κ1) is 18.1. The molecule has 1 aliphatic heterocycles. The van der Waals surface area contributed by atoms with Crippen LogP contribution in [-0.4, -0.2) is 44.9 Å². The van der Waals surface area contributed by atoms with Crippen LogP contribution in [0.15, 0.2) is 51.6 Å². The van der Waals surface area contributed by atoms with Crippen molar-refractivity contribution in [3.8, 4) is 0 Å². The van der Waals surface area contributed by atoms with E-state index in [9.17, 15) is 13.2 Å². The Morgan fingerprint density at radius 2 is 2.00 bits per heavy atom. The molecule has 5 nitrogen and oxygen atoms in total. The van der Waals surface area contributed by atoms with Gasteiger partial charge in [0.25, 0.3) is 5.91 Å². The monoisotopic (exact) mass is 378 g/mol. The lowest BCUT2D eigenvalue weighted by Gasteiger charge is -2.32. The number of rotatable bonds is 5. The van der Waals surface area contributed by atoms with Crippen LogP contribution in [-0.2, 0) is 9.84 Å². The summed E-state index contributed by atoms with van der Waals surface area (Å²) in [5, 5.41) is 3.04. The maximum atomic E-state index is 12.6. The molecule has 25 heavy (non-hydrogen) atoms. The van der Waals surface area contributed by atoms with Crippen molar-refractivity contribution in [2.24, 2.45) is 0 Å². The van der Waals surface area contributed by atoms with Gasteiger partial charge in [-0.1, -0.05) is 25.1 Å². The smallest absolute Gasteiger partial charge is 0.261 e. The SMILES string of the molecule is CCN1CCCC(NC(=O)c2ccc(S(=O)(=O)c3ccccc3)s2)C1. The predicted molar refractivity (Wildman–Crippen MR) is 98.8 cm³/mol. The fraction of sp³-hybridized carbons (Fsp3) is 0.389. The second-order valence-electron chi connectivity index (χ2n) is 6.14. The third kappa shape index (κ3) is 4.11. The Balaban J connectivity index is 1.72. The zero-order valence-electron chi connectivity index (χ0n) is 14.1. The molecular formula is C18H22N2O3S2. The molecule has 1 aliphatic rings. The molecule has 7 heteroatoms. The first-order chi connectivity index (χ1) is 12.0. The summed E-state index contributed by atoms with van der Waals surface area (Å²) >= 11 is 1.02. The lowest BCUT2D eigenvalue weighted by atomic mass is 10.1. The van der Waals surface area contributed by atoms with Crippen LogP contribution in [0.1, 0.15) is 29.4 Å². The van der Waals surface area contributed by atoms with Gasteiger partial charge in [0.2, 0.25) is 9.84 Å². The van der Waals surface area contributed by atoms with Crippen molar-refractivity contribution in [2.75, 3.05) is 19.6 Å². The van der Waals surface area contributed by atoms with E-state index in [1.54, 1.807) is 36.4 Å². The van der Waals surface area contributed by atoms with Gasteiger partial charge >= 0.3 is 0 Å². The predicted octanol–water partition coefficient (Wildman–Crippen LogP) is 2.80. The molecule has 1 unspecified atom stereocenters. The molecule has 2 aromatic rings. The van der Waals surface area contributed by atoms with Gasteiger partial charge in [-0.2, -0.15) is 0 Å². The number of hydrogen-bond donors (Lipinski definition) is 1. The molecule has 1 atom stereocenters. The highest BCUT2D eigenvalue weighted by atomic mass is 32.2. The van der Waals surface area contributed by atoms with Crippen molar-refractivity contribution < 1.29 is 13.2 Å². The van der Waals surface area contributed by atoms with Crippen LogP contribution in [0.2, 0.25) is 0 Å². The van der Waals surface area contributed by atoms with Gasteiger partial charge in [-0.15, -0.1) is 11.3 Å². The van der Waals surface area contributed by atoms with Crippen molar-refractivity contribution in [3.05, 3.63) is 47.3 Å². The Hall–Kier alpha value is -1.70. The number of sulfone groups is 1. The first-order valence-corrected chi connectivity index (χ1v) is 10.7. The number of hydrogen-bond acceptors (Lipinski definition) is 5. The van der Waals surface area contributed by atoms with Crippen molar-refractivity contribution in [1.82, 2.24) is 10.2 Å². The first-order valence-electron chi connectivity index (χ1n) is 8.44. The van der Waals surface area contributed by atoms with Gasteiger partial charge in [-0.25, -0.2) is 8.42 Å². The van der Waals surface area contributed by atoms with Crippen LogP contribution >= 0.6 is 11.3 Å². The Bertz CT molecular complexity index is 831. The van der Waals surface area contributed by atoms with E-state index in [0.29, 0.717) is 4.88 Å². The van der Waals surface area contributed by atoms with Gasteiger partial charge in [-0.05, 0) is 50.2 Å². The lowest BCUT2D eigenvalue weighted by molar-refractivity contribution is 0.0910. The molecule has 2 heterocycles. The maximum Gasteiger partial charge on any atom is 0.261 e. The summed E-state index contributed by atoms with van der Waals surface area (Å²) in [7, 11) is -3.57. The number of carbonyl (C=O) groups is 1. The second-order valence-corrected chi connectivity index (χ2v) is 9.40. The van der Waals surface area contributed by atoms with Gasteiger partial charge < -0.3 is 10.2 Å². The minimum atomic E-state index is -3.57. The van der Waals surface area contributed by atoms with E-state index in [2.05, 4.69) is 17.1 Å². The molecule has 134 valence electrons. The Kier molecular flexibility index (Phi) is 5.56. The van der Waals surface area contributed by atoms with Crippen LogP contribution in [0.3, 0.4) is 0 Å². The Morgan fingerprint density at radius 3 is 2.72 bits per heavy atom. The fourth-order valence-electron chi connectivity index (χ4n) is 3.02. The molecule has 1 aromatic carbocycles. The Labute approximate surface area is 152 Å². The highest BCUT2D eigenvalue weighted by Gasteiger charge is 2.24. The van der Waals surface area contributed by atoms with Crippen molar-refractivity contribution >= 4 is 27.1 Å². The number of piperidine rings is 1. The number of nitrogens with one attached hydrogen (secondary N) is 1. The number of amides is 1. The van der Waals surface area contributed by atoms with Gasteiger partial charge in [-0.3, -0.25) is 4.79 Å². The minimum absolute atomic E-state index is 0.123. The van der Waals surface area contributed by atoms with Gasteiger partial charge in [0.05, 0.1) is 9.77 Å². The average molecular weight is 379 g/mol. The van der Waals surface area contributed by atoms with E-state index < -0.39 is 9.84 Å². The highest BCUT2D eigenvalue weighted by Crippen LogP contribution is 2.27. The minimum Gasteiger partial charge on any atom is -0.347 e. The zero-order chi connectivity index (χ0) is 17.9. The van der Waals surface area contributed by atoms with Crippen molar-refractivity contribution in [1.29, 1.82) is 0 Å². The van der Waals surface area contributed by atoms with Crippen LogP contribution in [0.4, 0.5) is 0 Å². The van der Waals surface area contributed by atoms with E-state index >= 15 is 0 Å². The molecule has 1 aromatic heterocycles. The number of thiophene rings is 1. The number of benzene rings is 1. The summed E-state index contributed by atoms with van der Waals surface area (Å²) in [6.45, 7) is 5.01. The van der Waals surface area contributed by atoms with Crippen LogP contribution in [0, 0.1) is 0 Å². The number of nitrogens with zero attached hydrogens (tertiary/aromatic N) is 1.